The van der Waals surface area contributed by atoms with Gasteiger partial charge in [-0.25, -0.2) is 9.59 Å². The largest absolute Gasteiger partial charge is 0.496 e. The van der Waals surface area contributed by atoms with Gasteiger partial charge in [-0.05, 0) is 18.2 Å². The first-order chi connectivity index (χ1) is 14.9. The van der Waals surface area contributed by atoms with E-state index in [1.54, 1.807) is 21.9 Å². The second kappa shape index (κ2) is 10.0. The Balaban J connectivity index is 1.48. The van der Waals surface area contributed by atoms with E-state index in [4.69, 9.17) is 26.8 Å². The maximum Gasteiger partial charge on any atom is 0.342 e. The van der Waals surface area contributed by atoms with Gasteiger partial charge >= 0.3 is 12.0 Å². The topological polar surface area (TPSA) is 114 Å². The molecule has 164 valence electrons. The van der Waals surface area contributed by atoms with Crippen LogP contribution >= 0.6 is 11.6 Å². The Bertz CT molecular complexity index is 962. The number of benzene rings is 2. The van der Waals surface area contributed by atoms with Gasteiger partial charge in [0.25, 0.3) is 5.91 Å². The summed E-state index contributed by atoms with van der Waals surface area (Å²) < 4.78 is 10.3. The second-order valence-electron chi connectivity index (χ2n) is 6.81. The van der Waals surface area contributed by atoms with Crippen molar-refractivity contribution in [2.24, 2.45) is 0 Å². The number of methoxy groups -OCH3 is 1. The first-order valence-electron chi connectivity index (χ1n) is 9.58. The number of urea groups is 1. The third kappa shape index (κ3) is 5.58. The van der Waals surface area contributed by atoms with E-state index in [2.05, 4.69) is 5.32 Å². The van der Waals surface area contributed by atoms with Gasteiger partial charge in [0, 0.05) is 37.9 Å². The Hall–Kier alpha value is -3.46. The van der Waals surface area contributed by atoms with Gasteiger partial charge in [-0.1, -0.05) is 29.8 Å². The maximum absolute atomic E-state index is 12.4. The van der Waals surface area contributed by atoms with Crippen LogP contribution in [-0.4, -0.2) is 67.6 Å². The fraction of sp³-hybridized carbons (Fsp3) is 0.286. The Morgan fingerprint density at radius 1 is 1.06 bits per heavy atom. The zero-order chi connectivity index (χ0) is 22.4. The summed E-state index contributed by atoms with van der Waals surface area (Å²) in [6, 6.07) is 11.7. The predicted octanol–water partition coefficient (Wildman–Crippen LogP) is 2.46. The number of esters is 1. The Labute approximate surface area is 184 Å². The molecule has 1 aliphatic rings. The average molecular weight is 447 g/mol. The van der Waals surface area contributed by atoms with Crippen LogP contribution in [0.15, 0.2) is 42.5 Å². The lowest BCUT2D eigenvalue weighted by molar-refractivity contribution is -0.135. The molecule has 3 rings (SSSR count). The van der Waals surface area contributed by atoms with E-state index in [9.17, 15) is 14.4 Å². The van der Waals surface area contributed by atoms with Gasteiger partial charge in [0.2, 0.25) is 0 Å². The van der Waals surface area contributed by atoms with Gasteiger partial charge in [0.1, 0.15) is 11.3 Å². The second-order valence-corrected chi connectivity index (χ2v) is 7.22. The highest BCUT2D eigenvalue weighted by Gasteiger charge is 2.25. The van der Waals surface area contributed by atoms with E-state index in [1.165, 1.54) is 19.2 Å². The number of anilines is 2. The van der Waals surface area contributed by atoms with Crippen molar-refractivity contribution in [2.75, 3.05) is 50.9 Å². The van der Waals surface area contributed by atoms with Crippen molar-refractivity contribution in [3.05, 3.63) is 53.1 Å². The molecule has 2 aromatic carbocycles. The van der Waals surface area contributed by atoms with Crippen molar-refractivity contribution in [1.82, 2.24) is 9.80 Å². The summed E-state index contributed by atoms with van der Waals surface area (Å²) in [7, 11) is 1.39. The molecule has 1 aliphatic heterocycles. The number of nitrogens with zero attached hydrogens (tertiary/aromatic N) is 2. The molecule has 0 radical (unpaired) electrons. The molecule has 0 atom stereocenters. The molecule has 0 aliphatic carbocycles. The summed E-state index contributed by atoms with van der Waals surface area (Å²) >= 11 is 5.96. The number of nitrogen functional groups attached to an aromatic ring is 1. The molecule has 0 aromatic heterocycles. The first kappa shape index (κ1) is 22.2. The molecular formula is C21H23ClN4O5. The fourth-order valence-corrected chi connectivity index (χ4v) is 3.24. The average Bonchev–Trinajstić information content (AvgIpc) is 2.79. The van der Waals surface area contributed by atoms with Gasteiger partial charge in [-0.3, -0.25) is 4.79 Å². The number of ether oxygens (including phenoxy) is 2. The number of hydrogen-bond acceptors (Lipinski definition) is 6. The lowest BCUT2D eigenvalue weighted by atomic mass is 10.2. The molecule has 3 N–H and O–H groups in total. The number of carbonyl (C=O) groups excluding carboxylic acids is 3. The summed E-state index contributed by atoms with van der Waals surface area (Å²) in [6.45, 7) is 1.00. The highest BCUT2D eigenvalue weighted by molar-refractivity contribution is 6.33. The minimum absolute atomic E-state index is 0.0805. The molecule has 0 spiro atoms. The van der Waals surface area contributed by atoms with Crippen molar-refractivity contribution < 1.29 is 23.9 Å². The highest BCUT2D eigenvalue weighted by atomic mass is 35.5. The molecule has 0 saturated carbocycles. The number of carbonyl (C=O) groups is 3. The molecule has 1 heterocycles. The molecule has 10 heteroatoms. The van der Waals surface area contributed by atoms with Crippen LogP contribution in [0.1, 0.15) is 10.4 Å². The zero-order valence-corrected chi connectivity index (χ0v) is 17.7. The van der Waals surface area contributed by atoms with Gasteiger partial charge in [0.05, 0.1) is 17.8 Å². The van der Waals surface area contributed by atoms with Crippen LogP contribution in [0.25, 0.3) is 0 Å². The van der Waals surface area contributed by atoms with Crippen molar-refractivity contribution in [1.29, 1.82) is 0 Å². The van der Waals surface area contributed by atoms with Crippen LogP contribution in [0.4, 0.5) is 16.2 Å². The van der Waals surface area contributed by atoms with Crippen molar-refractivity contribution in [3.63, 3.8) is 0 Å². The summed E-state index contributed by atoms with van der Waals surface area (Å²) in [6.07, 6.45) is 0. The van der Waals surface area contributed by atoms with Crippen LogP contribution in [0.2, 0.25) is 5.02 Å². The van der Waals surface area contributed by atoms with Crippen molar-refractivity contribution >= 4 is 40.9 Å². The fourth-order valence-electron chi connectivity index (χ4n) is 3.08. The number of nitrogens with one attached hydrogen (secondary N) is 1. The van der Waals surface area contributed by atoms with E-state index >= 15 is 0 Å². The Kier molecular flexibility index (Phi) is 7.19. The van der Waals surface area contributed by atoms with Crippen LogP contribution in [0.3, 0.4) is 0 Å². The van der Waals surface area contributed by atoms with Gasteiger partial charge < -0.3 is 30.3 Å². The minimum Gasteiger partial charge on any atom is -0.496 e. The van der Waals surface area contributed by atoms with Crippen LogP contribution in [0.5, 0.6) is 5.75 Å². The molecule has 3 amide bonds. The third-order valence-corrected chi connectivity index (χ3v) is 5.14. The number of amides is 3. The van der Waals surface area contributed by atoms with Crippen LogP contribution in [-0.2, 0) is 9.53 Å². The summed E-state index contributed by atoms with van der Waals surface area (Å²) in [4.78, 5) is 40.3. The van der Waals surface area contributed by atoms with Gasteiger partial charge in [0.15, 0.2) is 6.61 Å². The molecule has 0 unspecified atom stereocenters. The summed E-state index contributed by atoms with van der Waals surface area (Å²) in [5.74, 6) is -0.887. The number of rotatable bonds is 5. The molecular weight excluding hydrogens is 424 g/mol. The van der Waals surface area contributed by atoms with Crippen molar-refractivity contribution in [3.8, 4) is 5.75 Å². The van der Waals surface area contributed by atoms with E-state index in [0.29, 0.717) is 31.9 Å². The number of para-hydroxylation sites is 1. The van der Waals surface area contributed by atoms with E-state index in [-0.39, 0.29) is 34.0 Å². The smallest absolute Gasteiger partial charge is 0.342 e. The predicted molar refractivity (Wildman–Crippen MR) is 116 cm³/mol. The molecule has 0 bridgehead atoms. The SMILES string of the molecule is COc1cc(N)c(Cl)cc1C(=O)OCC(=O)N1CCN(C(=O)Nc2ccccc2)CC1. The standard InChI is InChI=1S/C21H23ClN4O5/c1-30-18-12-17(23)16(22)11-15(18)20(28)31-13-19(27)25-7-9-26(10-8-25)21(29)24-14-5-3-2-4-6-14/h2-6,11-12H,7-10,13,23H2,1H3,(H,24,29). The normalized spacial score (nSPS) is 13.5. The third-order valence-electron chi connectivity index (χ3n) is 4.81. The minimum atomic E-state index is -0.743. The number of halogens is 1. The first-order valence-corrected chi connectivity index (χ1v) is 9.95. The lowest BCUT2D eigenvalue weighted by Gasteiger charge is -2.34. The van der Waals surface area contributed by atoms with E-state index in [1.807, 2.05) is 18.2 Å². The number of piperazine rings is 1. The molecule has 2 aromatic rings. The zero-order valence-electron chi connectivity index (χ0n) is 17.0. The Morgan fingerprint density at radius 2 is 1.71 bits per heavy atom. The summed E-state index contributed by atoms with van der Waals surface area (Å²) in [5, 5.41) is 3.00. The summed E-state index contributed by atoms with van der Waals surface area (Å²) in [5.41, 5.74) is 6.75. The highest BCUT2D eigenvalue weighted by Crippen LogP contribution is 2.29. The number of hydrogen-bond donors (Lipinski definition) is 2. The lowest BCUT2D eigenvalue weighted by Crippen LogP contribution is -2.52. The Morgan fingerprint density at radius 3 is 2.35 bits per heavy atom. The van der Waals surface area contributed by atoms with Gasteiger partial charge in [-0.2, -0.15) is 0 Å². The monoisotopic (exact) mass is 446 g/mol. The van der Waals surface area contributed by atoms with Gasteiger partial charge in [-0.15, -0.1) is 0 Å². The quantitative estimate of drug-likeness (QED) is 0.538. The molecule has 1 fully saturated rings. The number of nitrogens with two attached hydrogens (primary N) is 1. The van der Waals surface area contributed by atoms with E-state index in [0.717, 1.165) is 0 Å². The maximum atomic E-state index is 12.4. The van der Waals surface area contributed by atoms with Crippen LogP contribution < -0.4 is 15.8 Å². The van der Waals surface area contributed by atoms with E-state index < -0.39 is 12.6 Å². The molecule has 31 heavy (non-hydrogen) atoms. The molecule has 9 nitrogen and oxygen atoms in total. The van der Waals surface area contributed by atoms with Crippen molar-refractivity contribution in [2.45, 2.75) is 0 Å². The van der Waals surface area contributed by atoms with Crippen LogP contribution in [0, 0.1) is 0 Å². The molecule has 1 saturated heterocycles.